The molecule has 0 spiro atoms. The Morgan fingerprint density at radius 1 is 1.41 bits per heavy atom. The molecule has 17 heavy (non-hydrogen) atoms. The summed E-state index contributed by atoms with van der Waals surface area (Å²) in [5, 5.41) is 7.71. The summed E-state index contributed by atoms with van der Waals surface area (Å²) in [5.74, 6) is 6.35. The maximum Gasteiger partial charge on any atom is 0.274 e. The Morgan fingerprint density at radius 2 is 2.29 bits per heavy atom. The minimum absolute atomic E-state index is 0.00623. The van der Waals surface area contributed by atoms with Gasteiger partial charge in [0.2, 0.25) is 0 Å². The molecule has 1 aliphatic heterocycles. The second-order valence-electron chi connectivity index (χ2n) is 4.74. The van der Waals surface area contributed by atoms with Gasteiger partial charge in [0.1, 0.15) is 0 Å². The van der Waals surface area contributed by atoms with Gasteiger partial charge >= 0.3 is 0 Å². The summed E-state index contributed by atoms with van der Waals surface area (Å²) in [6.45, 7) is 0.877. The molecule has 1 amide bonds. The summed E-state index contributed by atoms with van der Waals surface area (Å²) in [6.07, 6.45) is 3.55. The number of hydrogen-bond acceptors (Lipinski definition) is 5. The first kappa shape index (κ1) is 10.5. The zero-order valence-corrected chi connectivity index (χ0v) is 9.47. The molecule has 90 valence electrons. The molecule has 2 unspecified atom stereocenters. The number of hydrazine groups is 1. The minimum atomic E-state index is -0.00623. The minimum Gasteiger partial charge on any atom is -0.334 e. The molecule has 0 aromatic carbocycles. The standard InChI is InChI=1S/C11H15N5O/c12-13-10-4-3-9(14-15-10)11(17)16-6-7-1-2-8(16)5-7/h3-4,7-8H,1-2,5-6,12H2,(H,13,15). The van der Waals surface area contributed by atoms with Crippen molar-refractivity contribution in [2.45, 2.75) is 25.3 Å². The van der Waals surface area contributed by atoms with Crippen LogP contribution in [0.2, 0.25) is 0 Å². The third-order valence-electron chi connectivity index (χ3n) is 3.70. The van der Waals surface area contributed by atoms with Gasteiger partial charge in [-0.15, -0.1) is 10.2 Å². The van der Waals surface area contributed by atoms with Gasteiger partial charge in [-0.05, 0) is 37.3 Å². The summed E-state index contributed by atoms with van der Waals surface area (Å²) in [4.78, 5) is 14.1. The van der Waals surface area contributed by atoms with Crippen LogP contribution in [0.25, 0.3) is 0 Å². The molecule has 6 heteroatoms. The van der Waals surface area contributed by atoms with Crippen LogP contribution in [0.1, 0.15) is 29.8 Å². The van der Waals surface area contributed by atoms with Gasteiger partial charge in [-0.2, -0.15) is 0 Å². The average molecular weight is 233 g/mol. The first-order valence-electron chi connectivity index (χ1n) is 5.89. The van der Waals surface area contributed by atoms with Gasteiger partial charge in [-0.1, -0.05) is 0 Å². The number of aromatic nitrogens is 2. The van der Waals surface area contributed by atoms with Crippen molar-refractivity contribution in [3.05, 3.63) is 17.8 Å². The van der Waals surface area contributed by atoms with Gasteiger partial charge in [-0.25, -0.2) is 5.84 Å². The molecular formula is C11H15N5O. The summed E-state index contributed by atoms with van der Waals surface area (Å²) in [7, 11) is 0. The fourth-order valence-electron chi connectivity index (χ4n) is 2.84. The van der Waals surface area contributed by atoms with E-state index in [0.717, 1.165) is 19.4 Å². The zero-order valence-electron chi connectivity index (χ0n) is 9.47. The van der Waals surface area contributed by atoms with Crippen molar-refractivity contribution >= 4 is 11.7 Å². The number of nitrogens with two attached hydrogens (primary N) is 1. The SMILES string of the molecule is NNc1ccc(C(=O)N2CC3CCC2C3)nn1. The number of carbonyl (C=O) groups is 1. The second kappa shape index (κ2) is 3.96. The van der Waals surface area contributed by atoms with Crippen LogP contribution in [0, 0.1) is 5.92 Å². The van der Waals surface area contributed by atoms with Crippen molar-refractivity contribution in [1.82, 2.24) is 15.1 Å². The molecule has 1 aromatic rings. The van der Waals surface area contributed by atoms with E-state index < -0.39 is 0 Å². The Balaban J connectivity index is 1.77. The lowest BCUT2D eigenvalue weighted by atomic mass is 10.1. The molecule has 2 heterocycles. The molecule has 6 nitrogen and oxygen atoms in total. The quantitative estimate of drug-likeness (QED) is 0.570. The van der Waals surface area contributed by atoms with Crippen LogP contribution in [0.3, 0.4) is 0 Å². The van der Waals surface area contributed by atoms with E-state index in [1.54, 1.807) is 12.1 Å². The first-order valence-corrected chi connectivity index (χ1v) is 5.89. The van der Waals surface area contributed by atoms with Gasteiger partial charge in [0.15, 0.2) is 11.5 Å². The second-order valence-corrected chi connectivity index (χ2v) is 4.74. The van der Waals surface area contributed by atoms with Gasteiger partial charge in [0.05, 0.1) is 0 Å². The molecule has 1 aromatic heterocycles. The molecule has 0 radical (unpaired) electrons. The zero-order chi connectivity index (χ0) is 11.8. The average Bonchev–Trinajstić information content (AvgIpc) is 3.00. The molecule has 1 aliphatic carbocycles. The number of anilines is 1. The van der Waals surface area contributed by atoms with E-state index in [-0.39, 0.29) is 5.91 Å². The lowest BCUT2D eigenvalue weighted by molar-refractivity contribution is 0.0696. The third-order valence-corrected chi connectivity index (χ3v) is 3.70. The van der Waals surface area contributed by atoms with E-state index in [1.807, 2.05) is 4.90 Å². The molecule has 3 N–H and O–H groups in total. The number of nitrogens with one attached hydrogen (secondary N) is 1. The van der Waals surface area contributed by atoms with Crippen LogP contribution in [0.15, 0.2) is 12.1 Å². The Bertz CT molecular complexity index is 432. The predicted octanol–water partition coefficient (Wildman–Crippen LogP) is 0.387. The highest BCUT2D eigenvalue weighted by Gasteiger charge is 2.40. The fraction of sp³-hybridized carbons (Fsp3) is 0.545. The lowest BCUT2D eigenvalue weighted by Gasteiger charge is -2.26. The van der Waals surface area contributed by atoms with Crippen LogP contribution in [0.5, 0.6) is 0 Å². The maximum atomic E-state index is 12.2. The van der Waals surface area contributed by atoms with Crippen molar-refractivity contribution in [3.63, 3.8) is 0 Å². The summed E-state index contributed by atoms with van der Waals surface area (Å²) >= 11 is 0. The number of piperidine rings is 1. The van der Waals surface area contributed by atoms with Crippen molar-refractivity contribution < 1.29 is 4.79 Å². The number of likely N-dealkylation sites (tertiary alicyclic amines) is 1. The Morgan fingerprint density at radius 3 is 2.82 bits per heavy atom. The maximum absolute atomic E-state index is 12.2. The van der Waals surface area contributed by atoms with Gasteiger partial charge < -0.3 is 10.3 Å². The van der Waals surface area contributed by atoms with E-state index in [9.17, 15) is 4.79 Å². The molecule has 2 bridgehead atoms. The van der Waals surface area contributed by atoms with Crippen molar-refractivity contribution in [1.29, 1.82) is 0 Å². The highest BCUT2D eigenvalue weighted by atomic mass is 16.2. The smallest absolute Gasteiger partial charge is 0.274 e. The summed E-state index contributed by atoms with van der Waals surface area (Å²) in [5.41, 5.74) is 2.79. The Kier molecular flexibility index (Phi) is 2.44. The van der Waals surface area contributed by atoms with E-state index in [4.69, 9.17) is 5.84 Å². The number of hydrogen-bond donors (Lipinski definition) is 2. The van der Waals surface area contributed by atoms with Crippen LogP contribution in [-0.4, -0.2) is 33.6 Å². The fourth-order valence-corrected chi connectivity index (χ4v) is 2.84. The number of rotatable bonds is 2. The van der Waals surface area contributed by atoms with Crippen molar-refractivity contribution in [2.24, 2.45) is 11.8 Å². The monoisotopic (exact) mass is 233 g/mol. The topological polar surface area (TPSA) is 84.1 Å². The normalized spacial score (nSPS) is 26.3. The Labute approximate surface area is 99.2 Å². The predicted molar refractivity (Wildman–Crippen MR) is 62.0 cm³/mol. The van der Waals surface area contributed by atoms with Crippen LogP contribution < -0.4 is 11.3 Å². The largest absolute Gasteiger partial charge is 0.334 e. The summed E-state index contributed by atoms with van der Waals surface area (Å²) in [6, 6.07) is 3.74. The number of amides is 1. The van der Waals surface area contributed by atoms with E-state index in [1.165, 1.54) is 6.42 Å². The van der Waals surface area contributed by atoms with Crippen LogP contribution in [0.4, 0.5) is 5.82 Å². The number of fused-ring (bicyclic) bond motifs is 2. The number of carbonyl (C=O) groups excluding carboxylic acids is 1. The van der Waals surface area contributed by atoms with E-state index in [0.29, 0.717) is 23.5 Å². The van der Waals surface area contributed by atoms with Gasteiger partial charge in [0.25, 0.3) is 5.91 Å². The van der Waals surface area contributed by atoms with E-state index >= 15 is 0 Å². The summed E-state index contributed by atoms with van der Waals surface area (Å²) < 4.78 is 0. The van der Waals surface area contributed by atoms with Crippen molar-refractivity contribution in [3.8, 4) is 0 Å². The highest BCUT2D eigenvalue weighted by molar-refractivity contribution is 5.92. The third kappa shape index (κ3) is 1.74. The molecule has 2 atom stereocenters. The lowest BCUT2D eigenvalue weighted by Crippen LogP contribution is -2.38. The van der Waals surface area contributed by atoms with Crippen LogP contribution >= 0.6 is 0 Å². The molecule has 2 aliphatic rings. The van der Waals surface area contributed by atoms with E-state index in [2.05, 4.69) is 15.6 Å². The number of nitrogen functional groups attached to an aromatic ring is 1. The molecule has 1 saturated carbocycles. The van der Waals surface area contributed by atoms with Gasteiger partial charge in [0, 0.05) is 12.6 Å². The first-order chi connectivity index (χ1) is 8.28. The molecular weight excluding hydrogens is 218 g/mol. The Hall–Kier alpha value is -1.69. The molecule has 1 saturated heterocycles. The highest BCUT2D eigenvalue weighted by Crippen LogP contribution is 2.37. The molecule has 2 fully saturated rings. The molecule has 3 rings (SSSR count). The van der Waals surface area contributed by atoms with Crippen LogP contribution in [-0.2, 0) is 0 Å². The van der Waals surface area contributed by atoms with Crippen molar-refractivity contribution in [2.75, 3.05) is 12.0 Å². The number of nitrogens with zero attached hydrogens (tertiary/aromatic N) is 3. The van der Waals surface area contributed by atoms with Gasteiger partial charge in [-0.3, -0.25) is 4.79 Å².